The van der Waals surface area contributed by atoms with Gasteiger partial charge < -0.3 is 4.74 Å². The van der Waals surface area contributed by atoms with Crippen molar-refractivity contribution in [1.29, 1.82) is 0 Å². The molecule has 124 valence electrons. The maximum Gasteiger partial charge on any atom is 0.118 e. The quantitative estimate of drug-likeness (QED) is 0.481. The highest BCUT2D eigenvalue weighted by molar-refractivity contribution is 6.13. The fraction of sp³-hybridized carbons (Fsp3) is 0.0909. The molecule has 0 aliphatic heterocycles. The first-order valence-corrected chi connectivity index (χ1v) is 8.15. The summed E-state index contributed by atoms with van der Waals surface area (Å²) in [5.41, 5.74) is 4.81. The molecule has 0 N–H and O–H groups in total. The van der Waals surface area contributed by atoms with Crippen LogP contribution in [0.15, 0.2) is 95.1 Å². The lowest BCUT2D eigenvalue weighted by molar-refractivity contribution is 0.415. The fourth-order valence-corrected chi connectivity index (χ4v) is 2.49. The lowest BCUT2D eigenvalue weighted by atomic mass is 10.0. The van der Waals surface area contributed by atoms with Gasteiger partial charge in [0, 0.05) is 11.1 Å². The maximum absolute atomic E-state index is 5.20. The van der Waals surface area contributed by atoms with E-state index >= 15 is 0 Å². The van der Waals surface area contributed by atoms with E-state index in [9.17, 15) is 0 Å². The zero-order valence-electron chi connectivity index (χ0n) is 14.4. The molecule has 0 radical (unpaired) electrons. The third-order valence-corrected chi connectivity index (χ3v) is 3.90. The highest BCUT2D eigenvalue weighted by Crippen LogP contribution is 2.14. The zero-order valence-corrected chi connectivity index (χ0v) is 14.4. The van der Waals surface area contributed by atoms with E-state index in [0.717, 1.165) is 33.9 Å². The minimum atomic E-state index is 0.828. The van der Waals surface area contributed by atoms with E-state index in [4.69, 9.17) is 4.74 Å². The molecule has 0 aromatic heterocycles. The summed E-state index contributed by atoms with van der Waals surface area (Å²) in [6.07, 6.45) is 0. The first kappa shape index (κ1) is 16.7. The smallest absolute Gasteiger partial charge is 0.118 e. The van der Waals surface area contributed by atoms with Crippen LogP contribution in [0, 0.1) is 0 Å². The molecule has 0 saturated carbocycles. The number of ether oxygens (including phenoxy) is 1. The molecule has 25 heavy (non-hydrogen) atoms. The summed E-state index contributed by atoms with van der Waals surface area (Å²) >= 11 is 0. The van der Waals surface area contributed by atoms with Crippen LogP contribution >= 0.6 is 0 Å². The number of methoxy groups -OCH3 is 1. The van der Waals surface area contributed by atoms with Gasteiger partial charge in [-0.3, -0.25) is 0 Å². The second-order valence-corrected chi connectivity index (χ2v) is 5.59. The van der Waals surface area contributed by atoms with Crippen molar-refractivity contribution in [3.8, 4) is 5.75 Å². The van der Waals surface area contributed by atoms with Crippen molar-refractivity contribution in [3.05, 3.63) is 102 Å². The van der Waals surface area contributed by atoms with Crippen molar-refractivity contribution in [2.45, 2.75) is 6.92 Å². The van der Waals surface area contributed by atoms with Crippen molar-refractivity contribution in [3.63, 3.8) is 0 Å². The van der Waals surface area contributed by atoms with Crippen LogP contribution in [0.5, 0.6) is 5.75 Å². The van der Waals surface area contributed by atoms with Gasteiger partial charge in [-0.25, -0.2) is 0 Å². The molecular formula is C22H20N2O. The molecule has 3 nitrogen and oxygen atoms in total. The summed E-state index contributed by atoms with van der Waals surface area (Å²) in [4.78, 5) is 0. The lowest BCUT2D eigenvalue weighted by Gasteiger charge is -2.06. The molecule has 0 aliphatic rings. The summed E-state index contributed by atoms with van der Waals surface area (Å²) in [5.74, 6) is 0.828. The second kappa shape index (κ2) is 8.06. The van der Waals surface area contributed by atoms with Crippen LogP contribution < -0.4 is 4.74 Å². The highest BCUT2D eigenvalue weighted by atomic mass is 16.5. The van der Waals surface area contributed by atoms with Crippen LogP contribution in [0.1, 0.15) is 23.6 Å². The van der Waals surface area contributed by atoms with E-state index < -0.39 is 0 Å². The van der Waals surface area contributed by atoms with E-state index in [1.54, 1.807) is 7.11 Å². The van der Waals surface area contributed by atoms with Crippen LogP contribution in [0.3, 0.4) is 0 Å². The first-order chi connectivity index (χ1) is 12.3. The van der Waals surface area contributed by atoms with Gasteiger partial charge in [0.05, 0.1) is 12.8 Å². The molecule has 0 unspecified atom stereocenters. The minimum absolute atomic E-state index is 0.828. The molecule has 3 aromatic rings. The van der Waals surface area contributed by atoms with E-state index in [1.165, 1.54) is 0 Å². The maximum atomic E-state index is 5.20. The average molecular weight is 328 g/mol. The number of nitrogens with zero attached hydrogens (tertiary/aromatic N) is 2. The Morgan fingerprint density at radius 1 is 0.640 bits per heavy atom. The number of hydrogen-bond acceptors (Lipinski definition) is 3. The molecule has 0 amide bonds. The number of benzene rings is 3. The predicted molar refractivity (Wildman–Crippen MR) is 104 cm³/mol. The largest absolute Gasteiger partial charge is 0.497 e. The third-order valence-electron chi connectivity index (χ3n) is 3.90. The average Bonchev–Trinajstić information content (AvgIpc) is 2.70. The zero-order chi connectivity index (χ0) is 17.5. The summed E-state index contributed by atoms with van der Waals surface area (Å²) in [7, 11) is 1.66. The number of hydrogen-bond donors (Lipinski definition) is 0. The SMILES string of the molecule is COc1ccc(C(C)=NN=C(c2ccccc2)c2ccccc2)cc1. The molecule has 0 bridgehead atoms. The molecule has 3 aromatic carbocycles. The van der Waals surface area contributed by atoms with E-state index in [0.29, 0.717) is 0 Å². The minimum Gasteiger partial charge on any atom is -0.497 e. The van der Waals surface area contributed by atoms with Gasteiger partial charge in [-0.1, -0.05) is 60.7 Å². The van der Waals surface area contributed by atoms with E-state index in [-0.39, 0.29) is 0 Å². The summed E-state index contributed by atoms with van der Waals surface area (Å²) < 4.78 is 5.20. The first-order valence-electron chi connectivity index (χ1n) is 8.15. The normalized spacial score (nSPS) is 11.0. The van der Waals surface area contributed by atoms with Gasteiger partial charge in [0.15, 0.2) is 0 Å². The Labute approximate surface area is 148 Å². The van der Waals surface area contributed by atoms with Gasteiger partial charge in [0.25, 0.3) is 0 Å². The Bertz CT molecular complexity index is 825. The van der Waals surface area contributed by atoms with Gasteiger partial charge in [0.1, 0.15) is 11.5 Å². The van der Waals surface area contributed by atoms with Crippen molar-refractivity contribution >= 4 is 11.4 Å². The predicted octanol–water partition coefficient (Wildman–Crippen LogP) is 4.96. The van der Waals surface area contributed by atoms with Crippen LogP contribution in [0.2, 0.25) is 0 Å². The molecule has 0 atom stereocenters. The topological polar surface area (TPSA) is 34.0 Å². The monoisotopic (exact) mass is 328 g/mol. The van der Waals surface area contributed by atoms with Crippen LogP contribution in [-0.4, -0.2) is 18.5 Å². The van der Waals surface area contributed by atoms with Crippen LogP contribution in [0.25, 0.3) is 0 Å². The Morgan fingerprint density at radius 2 is 1.16 bits per heavy atom. The summed E-state index contributed by atoms with van der Waals surface area (Å²) in [6.45, 7) is 1.96. The Hall–Kier alpha value is -3.20. The van der Waals surface area contributed by atoms with Gasteiger partial charge in [0.2, 0.25) is 0 Å². The van der Waals surface area contributed by atoms with Gasteiger partial charge in [-0.05, 0) is 36.8 Å². The Balaban J connectivity index is 1.97. The standard InChI is InChI=1S/C22H20N2O/c1-17(18-13-15-21(25-2)16-14-18)23-24-22(19-9-5-3-6-10-19)20-11-7-4-8-12-20/h3-16H,1-2H3. The summed E-state index contributed by atoms with van der Waals surface area (Å²) in [5, 5.41) is 9.02. The second-order valence-electron chi connectivity index (χ2n) is 5.59. The number of rotatable bonds is 5. The Morgan fingerprint density at radius 3 is 1.64 bits per heavy atom. The third kappa shape index (κ3) is 4.21. The van der Waals surface area contributed by atoms with Crippen LogP contribution in [-0.2, 0) is 0 Å². The van der Waals surface area contributed by atoms with Gasteiger partial charge in [-0.15, -0.1) is 5.10 Å². The molecule has 3 rings (SSSR count). The molecule has 0 saturated heterocycles. The molecule has 0 heterocycles. The molecule has 0 fully saturated rings. The van der Waals surface area contributed by atoms with E-state index in [2.05, 4.69) is 10.2 Å². The lowest BCUT2D eigenvalue weighted by Crippen LogP contribution is -2.03. The van der Waals surface area contributed by atoms with E-state index in [1.807, 2.05) is 91.9 Å². The molecule has 3 heteroatoms. The van der Waals surface area contributed by atoms with Gasteiger partial charge in [-0.2, -0.15) is 5.10 Å². The highest BCUT2D eigenvalue weighted by Gasteiger charge is 2.06. The van der Waals surface area contributed by atoms with Gasteiger partial charge >= 0.3 is 0 Å². The molecular weight excluding hydrogens is 308 g/mol. The molecule has 0 aliphatic carbocycles. The summed E-state index contributed by atoms with van der Waals surface area (Å²) in [6, 6.07) is 28.0. The Kier molecular flexibility index (Phi) is 5.37. The molecule has 0 spiro atoms. The van der Waals surface area contributed by atoms with Crippen molar-refractivity contribution in [1.82, 2.24) is 0 Å². The van der Waals surface area contributed by atoms with Crippen molar-refractivity contribution in [2.24, 2.45) is 10.2 Å². The van der Waals surface area contributed by atoms with Crippen LogP contribution in [0.4, 0.5) is 0 Å². The fourth-order valence-electron chi connectivity index (χ4n) is 2.49. The van der Waals surface area contributed by atoms with Crippen molar-refractivity contribution < 1.29 is 4.74 Å². The van der Waals surface area contributed by atoms with Crippen molar-refractivity contribution in [2.75, 3.05) is 7.11 Å².